The molecule has 2 rings (SSSR count). The lowest BCUT2D eigenvalue weighted by Gasteiger charge is -2.08. The van der Waals surface area contributed by atoms with E-state index in [-0.39, 0.29) is 4.90 Å². The first-order valence-corrected chi connectivity index (χ1v) is 7.33. The maximum Gasteiger partial charge on any atom is 0.333 e. The summed E-state index contributed by atoms with van der Waals surface area (Å²) in [7, 11) is -3.87. The van der Waals surface area contributed by atoms with Crippen LogP contribution in [0.2, 0.25) is 0 Å². The molecule has 0 aliphatic carbocycles. The highest BCUT2D eigenvalue weighted by atomic mass is 32.2. The van der Waals surface area contributed by atoms with E-state index in [1.54, 1.807) is 36.4 Å². The minimum absolute atomic E-state index is 0.0373. The zero-order valence-electron chi connectivity index (χ0n) is 10.8. The number of nitrogens with one attached hydrogen (secondary N) is 2. The Morgan fingerprint density at radius 2 is 1.80 bits per heavy atom. The number of aryl methyl sites for hydroxylation is 1. The van der Waals surface area contributed by atoms with Gasteiger partial charge in [-0.15, -0.1) is 0 Å². The molecule has 0 fully saturated rings. The van der Waals surface area contributed by atoms with E-state index < -0.39 is 16.1 Å². The number of anilines is 1. The third kappa shape index (κ3) is 3.58. The van der Waals surface area contributed by atoms with Crippen LogP contribution in [0.15, 0.2) is 53.4 Å². The van der Waals surface area contributed by atoms with E-state index in [9.17, 15) is 13.2 Å². The Hall–Kier alpha value is -2.34. The highest BCUT2D eigenvalue weighted by Crippen LogP contribution is 2.10. The monoisotopic (exact) mass is 289 g/mol. The van der Waals surface area contributed by atoms with Crippen molar-refractivity contribution >= 4 is 21.7 Å². The van der Waals surface area contributed by atoms with E-state index in [1.165, 1.54) is 12.1 Å². The van der Waals surface area contributed by atoms with Gasteiger partial charge in [-0.3, -0.25) is 0 Å². The Kier molecular flexibility index (Phi) is 4.05. The van der Waals surface area contributed by atoms with Crippen LogP contribution in [0.4, 0.5) is 10.5 Å². The average molecular weight is 289 g/mol. The van der Waals surface area contributed by atoms with Crippen molar-refractivity contribution in [3.05, 3.63) is 60.2 Å². The minimum atomic E-state index is -3.87. The van der Waals surface area contributed by atoms with Crippen LogP contribution in [-0.2, 0) is 10.0 Å². The molecular formula is C14H13N2O3S. The SMILES string of the molecule is Cc1ccc(S(=O)(=O)NC(=O)Nc2[c]cccc2)cc1. The predicted molar refractivity (Wildman–Crippen MR) is 75.8 cm³/mol. The van der Waals surface area contributed by atoms with Gasteiger partial charge in [0.1, 0.15) is 0 Å². The minimum Gasteiger partial charge on any atom is -0.307 e. The van der Waals surface area contributed by atoms with Crippen LogP contribution >= 0.6 is 0 Å². The molecule has 1 radical (unpaired) electrons. The Morgan fingerprint density at radius 1 is 1.10 bits per heavy atom. The number of para-hydroxylation sites is 1. The molecular weight excluding hydrogens is 276 g/mol. The van der Waals surface area contributed by atoms with Gasteiger partial charge in [-0.05, 0) is 25.1 Å². The number of benzene rings is 2. The van der Waals surface area contributed by atoms with Gasteiger partial charge in [0.05, 0.1) is 10.6 Å². The van der Waals surface area contributed by atoms with Crippen molar-refractivity contribution in [3.63, 3.8) is 0 Å². The molecule has 103 valence electrons. The molecule has 0 bridgehead atoms. The fraction of sp³-hybridized carbons (Fsp3) is 0.0714. The van der Waals surface area contributed by atoms with Crippen LogP contribution in [-0.4, -0.2) is 14.4 Å². The first-order chi connectivity index (χ1) is 9.47. The van der Waals surface area contributed by atoms with Gasteiger partial charge in [-0.2, -0.15) is 0 Å². The predicted octanol–water partition coefficient (Wildman–Crippen LogP) is 2.31. The summed E-state index contributed by atoms with van der Waals surface area (Å²) >= 11 is 0. The molecule has 6 heteroatoms. The molecule has 0 saturated carbocycles. The molecule has 5 nitrogen and oxygen atoms in total. The second-order valence-corrected chi connectivity index (χ2v) is 5.83. The van der Waals surface area contributed by atoms with Gasteiger partial charge in [0.15, 0.2) is 0 Å². The van der Waals surface area contributed by atoms with Gasteiger partial charge in [-0.1, -0.05) is 35.9 Å². The van der Waals surface area contributed by atoms with E-state index in [4.69, 9.17) is 0 Å². The van der Waals surface area contributed by atoms with Crippen LogP contribution in [0.3, 0.4) is 0 Å². The van der Waals surface area contributed by atoms with Crippen LogP contribution in [0.25, 0.3) is 0 Å². The lowest BCUT2D eigenvalue weighted by molar-refractivity contribution is 0.256. The fourth-order valence-corrected chi connectivity index (χ4v) is 2.42. The molecule has 0 saturated heterocycles. The van der Waals surface area contributed by atoms with Crippen molar-refractivity contribution in [2.24, 2.45) is 0 Å². The largest absolute Gasteiger partial charge is 0.333 e. The number of hydrogen-bond acceptors (Lipinski definition) is 3. The lowest BCUT2D eigenvalue weighted by atomic mass is 10.2. The van der Waals surface area contributed by atoms with Crippen molar-refractivity contribution < 1.29 is 13.2 Å². The van der Waals surface area contributed by atoms with Gasteiger partial charge < -0.3 is 5.32 Å². The highest BCUT2D eigenvalue weighted by Gasteiger charge is 2.17. The van der Waals surface area contributed by atoms with Crippen molar-refractivity contribution in [1.82, 2.24) is 4.72 Å². The maximum absolute atomic E-state index is 12.0. The third-order valence-electron chi connectivity index (χ3n) is 2.52. The number of carbonyl (C=O) groups is 1. The molecule has 0 aliphatic rings. The molecule has 2 N–H and O–H groups in total. The zero-order chi connectivity index (χ0) is 14.6. The summed E-state index contributed by atoms with van der Waals surface area (Å²) in [6, 6.07) is 14.8. The molecule has 0 aliphatic heterocycles. The standard InChI is InChI=1S/C14H13N2O3S/c1-11-7-9-13(10-8-11)20(18,19)16-14(17)15-12-5-3-2-4-6-12/h2-5,7-10H,1H3,(H2,15,16,17). The number of sulfonamides is 1. The summed E-state index contributed by atoms with van der Waals surface area (Å²) in [5, 5.41) is 2.39. The number of amides is 2. The van der Waals surface area contributed by atoms with Crippen LogP contribution < -0.4 is 10.0 Å². The summed E-state index contributed by atoms with van der Waals surface area (Å²) in [5.41, 5.74) is 1.33. The molecule has 20 heavy (non-hydrogen) atoms. The Labute approximate surface area is 117 Å². The summed E-state index contributed by atoms with van der Waals surface area (Å²) in [6.07, 6.45) is 0. The van der Waals surface area contributed by atoms with Crippen molar-refractivity contribution in [3.8, 4) is 0 Å². The Bertz CT molecular complexity index is 695. The van der Waals surface area contributed by atoms with Crippen LogP contribution in [0, 0.1) is 13.0 Å². The summed E-state index contributed by atoms with van der Waals surface area (Å²) < 4.78 is 25.9. The number of carbonyl (C=O) groups excluding carboxylic acids is 1. The zero-order valence-corrected chi connectivity index (χ0v) is 11.6. The van der Waals surface area contributed by atoms with Crippen molar-refractivity contribution in [2.75, 3.05) is 5.32 Å². The van der Waals surface area contributed by atoms with Gasteiger partial charge >= 0.3 is 6.03 Å². The Morgan fingerprint density at radius 3 is 2.40 bits per heavy atom. The Balaban J connectivity index is 2.08. The summed E-state index contributed by atoms with van der Waals surface area (Å²) in [4.78, 5) is 11.7. The first-order valence-electron chi connectivity index (χ1n) is 5.84. The van der Waals surface area contributed by atoms with Gasteiger partial charge in [-0.25, -0.2) is 17.9 Å². The van der Waals surface area contributed by atoms with E-state index in [1.807, 2.05) is 11.6 Å². The highest BCUT2D eigenvalue weighted by molar-refractivity contribution is 7.90. The molecule has 2 amide bonds. The molecule has 0 spiro atoms. The van der Waals surface area contributed by atoms with Gasteiger partial charge in [0.2, 0.25) is 0 Å². The number of rotatable bonds is 3. The summed E-state index contributed by atoms with van der Waals surface area (Å²) in [6.45, 7) is 1.85. The first kappa shape index (κ1) is 14.1. The molecule has 0 unspecified atom stereocenters. The third-order valence-corrected chi connectivity index (χ3v) is 3.86. The topological polar surface area (TPSA) is 75.3 Å². The summed E-state index contributed by atoms with van der Waals surface area (Å²) in [5.74, 6) is 0. The van der Waals surface area contributed by atoms with E-state index in [2.05, 4.69) is 11.4 Å². The fourth-order valence-electron chi connectivity index (χ4n) is 1.52. The van der Waals surface area contributed by atoms with Crippen LogP contribution in [0.1, 0.15) is 5.56 Å². The average Bonchev–Trinajstić information content (AvgIpc) is 2.39. The maximum atomic E-state index is 12.0. The second-order valence-electron chi connectivity index (χ2n) is 4.15. The number of urea groups is 1. The normalized spacial score (nSPS) is 10.8. The van der Waals surface area contributed by atoms with E-state index in [0.29, 0.717) is 5.69 Å². The lowest BCUT2D eigenvalue weighted by Crippen LogP contribution is -2.34. The van der Waals surface area contributed by atoms with E-state index >= 15 is 0 Å². The molecule has 0 atom stereocenters. The second kappa shape index (κ2) is 5.75. The van der Waals surface area contributed by atoms with Gasteiger partial charge in [0, 0.05) is 6.07 Å². The molecule has 2 aromatic carbocycles. The number of hydrogen-bond donors (Lipinski definition) is 2. The van der Waals surface area contributed by atoms with Crippen molar-refractivity contribution in [1.29, 1.82) is 0 Å². The molecule has 0 aromatic heterocycles. The quantitative estimate of drug-likeness (QED) is 0.910. The van der Waals surface area contributed by atoms with E-state index in [0.717, 1.165) is 5.56 Å². The smallest absolute Gasteiger partial charge is 0.307 e. The van der Waals surface area contributed by atoms with Gasteiger partial charge in [0.25, 0.3) is 10.0 Å². The molecule has 2 aromatic rings. The molecule has 0 heterocycles. The van der Waals surface area contributed by atoms with Crippen LogP contribution in [0.5, 0.6) is 0 Å². The van der Waals surface area contributed by atoms with Crippen molar-refractivity contribution in [2.45, 2.75) is 11.8 Å².